The van der Waals surface area contributed by atoms with Crippen molar-refractivity contribution in [3.63, 3.8) is 0 Å². The predicted molar refractivity (Wildman–Crippen MR) is 58.2 cm³/mol. The average molecular weight is 293 g/mol. The van der Waals surface area contributed by atoms with Crippen LogP contribution in [0.2, 0.25) is 8.87 Å². The maximum absolute atomic E-state index is 10.8. The van der Waals surface area contributed by atoms with E-state index in [0.717, 1.165) is 0 Å². The Hall–Kier alpha value is 0.269. The van der Waals surface area contributed by atoms with Gasteiger partial charge < -0.3 is 0 Å². The van der Waals surface area contributed by atoms with Crippen LogP contribution in [-0.4, -0.2) is 26.1 Å². The van der Waals surface area contributed by atoms with Crippen LogP contribution in [0.5, 0.6) is 0 Å². The van der Waals surface area contributed by atoms with E-state index in [9.17, 15) is 4.79 Å². The molecule has 0 rings (SSSR count). The number of rotatable bonds is 5. The summed E-state index contributed by atoms with van der Waals surface area (Å²) in [5, 5.41) is 0. The molecule has 78 valence electrons. The molecule has 0 aromatic carbocycles. The van der Waals surface area contributed by atoms with Gasteiger partial charge >= 0.3 is 89.3 Å². The van der Waals surface area contributed by atoms with Gasteiger partial charge in [-0.1, -0.05) is 0 Å². The molecule has 0 aliphatic carbocycles. The van der Waals surface area contributed by atoms with Gasteiger partial charge in [-0.15, -0.1) is 0 Å². The molecular formula is C10H22O2Sn. The molecule has 0 saturated heterocycles. The van der Waals surface area contributed by atoms with Gasteiger partial charge in [0.25, 0.3) is 0 Å². The zero-order chi connectivity index (χ0) is 10.4. The minimum absolute atomic E-state index is 0.0675. The van der Waals surface area contributed by atoms with Gasteiger partial charge in [-0.2, -0.15) is 0 Å². The molecule has 0 spiro atoms. The van der Waals surface area contributed by atoms with Crippen LogP contribution < -0.4 is 0 Å². The molecule has 0 N–H and O–H groups in total. The maximum atomic E-state index is 10.8. The molecule has 0 aromatic rings. The molecular weight excluding hydrogens is 271 g/mol. The summed E-state index contributed by atoms with van der Waals surface area (Å²) in [6.07, 6.45) is 0. The minimum atomic E-state index is -1.96. The molecule has 0 aliphatic heterocycles. The fourth-order valence-electron chi connectivity index (χ4n) is 1.48. The zero-order valence-corrected chi connectivity index (χ0v) is 12.8. The van der Waals surface area contributed by atoms with Crippen molar-refractivity contribution in [3.8, 4) is 0 Å². The third-order valence-electron chi connectivity index (χ3n) is 1.80. The molecule has 0 saturated carbocycles. The Bertz CT molecular complexity index is 145. The van der Waals surface area contributed by atoms with E-state index in [4.69, 9.17) is 3.07 Å². The second-order valence-corrected chi connectivity index (χ2v) is 11.4. The molecule has 0 atom stereocenters. The number of carbonyl (C=O) groups excluding carboxylic acids is 1. The molecule has 13 heavy (non-hydrogen) atoms. The van der Waals surface area contributed by atoms with Gasteiger partial charge in [0.05, 0.1) is 0 Å². The van der Waals surface area contributed by atoms with Crippen molar-refractivity contribution in [1.29, 1.82) is 0 Å². The molecule has 0 heterocycles. The molecule has 2 nitrogen and oxygen atoms in total. The van der Waals surface area contributed by atoms with Crippen molar-refractivity contribution in [2.45, 2.75) is 43.5 Å². The molecule has 0 amide bonds. The Morgan fingerprint density at radius 2 is 1.54 bits per heavy atom. The van der Waals surface area contributed by atoms with Crippen molar-refractivity contribution >= 4 is 26.1 Å². The third kappa shape index (κ3) is 8.59. The number of hydrogen-bond donors (Lipinski definition) is 0. The van der Waals surface area contributed by atoms with Gasteiger partial charge in [0, 0.05) is 0 Å². The van der Waals surface area contributed by atoms with Crippen LogP contribution in [0.15, 0.2) is 0 Å². The standard InChI is InChI=1S/2C4H9.C2H4O2.Sn.H/c2*1-4(2)3;1-2(3)4;;/h2*4H,1H2,2-3H3;1H3,(H,3,4);;/q;;;+1;/p-1. The summed E-state index contributed by atoms with van der Waals surface area (Å²) in [6.45, 7) is 10.3. The first-order valence-electron chi connectivity index (χ1n) is 5.09. The van der Waals surface area contributed by atoms with Crippen LogP contribution >= 0.6 is 0 Å². The van der Waals surface area contributed by atoms with Crippen molar-refractivity contribution in [2.75, 3.05) is 0 Å². The molecule has 0 bridgehead atoms. The first-order valence-corrected chi connectivity index (χ1v) is 11.1. The zero-order valence-electron chi connectivity index (χ0n) is 9.46. The number of carbonyl (C=O) groups is 1. The van der Waals surface area contributed by atoms with E-state index in [2.05, 4.69) is 27.7 Å². The monoisotopic (exact) mass is 294 g/mol. The molecule has 0 aliphatic rings. The van der Waals surface area contributed by atoms with Crippen molar-refractivity contribution in [1.82, 2.24) is 0 Å². The van der Waals surface area contributed by atoms with Crippen LogP contribution in [0.3, 0.4) is 0 Å². The second kappa shape index (κ2) is 6.68. The summed E-state index contributed by atoms with van der Waals surface area (Å²) in [4.78, 5) is 10.8. The molecule has 3 heteroatoms. The average Bonchev–Trinajstić information content (AvgIpc) is 1.80. The topological polar surface area (TPSA) is 26.3 Å². The van der Waals surface area contributed by atoms with Crippen LogP contribution in [0.4, 0.5) is 0 Å². The predicted octanol–water partition coefficient (Wildman–Crippen LogP) is 2.59. The Labute approximate surface area is 89.3 Å². The summed E-state index contributed by atoms with van der Waals surface area (Å²) in [5.41, 5.74) is 0. The van der Waals surface area contributed by atoms with Gasteiger partial charge in [-0.05, 0) is 0 Å². The summed E-state index contributed by atoms with van der Waals surface area (Å²) in [7, 11) is 0. The third-order valence-corrected chi connectivity index (χ3v) is 12.1. The summed E-state index contributed by atoms with van der Waals surface area (Å²) < 4.78 is 7.80. The van der Waals surface area contributed by atoms with E-state index in [1.807, 2.05) is 0 Å². The van der Waals surface area contributed by atoms with Crippen LogP contribution in [0.1, 0.15) is 34.6 Å². The van der Waals surface area contributed by atoms with Crippen LogP contribution in [0.25, 0.3) is 0 Å². The Balaban J connectivity index is 3.95. The van der Waals surface area contributed by atoms with E-state index >= 15 is 0 Å². The first kappa shape index (κ1) is 13.3. The van der Waals surface area contributed by atoms with E-state index in [1.54, 1.807) is 0 Å². The summed E-state index contributed by atoms with van der Waals surface area (Å²) in [6, 6.07) is 0. The molecule has 0 aromatic heterocycles. The second-order valence-electron chi connectivity index (χ2n) is 4.49. The van der Waals surface area contributed by atoms with E-state index in [0.29, 0.717) is 11.8 Å². The van der Waals surface area contributed by atoms with Crippen molar-refractivity contribution < 1.29 is 7.87 Å². The Morgan fingerprint density at radius 3 is 1.77 bits per heavy atom. The summed E-state index contributed by atoms with van der Waals surface area (Å²) in [5.74, 6) is 1.29. The van der Waals surface area contributed by atoms with E-state index in [1.165, 1.54) is 15.8 Å². The normalized spacial score (nSPS) is 11.4. The van der Waals surface area contributed by atoms with Crippen molar-refractivity contribution in [2.24, 2.45) is 11.8 Å². The van der Waals surface area contributed by atoms with Gasteiger partial charge in [-0.25, -0.2) is 0 Å². The van der Waals surface area contributed by atoms with Gasteiger partial charge in [0.1, 0.15) is 0 Å². The van der Waals surface area contributed by atoms with Crippen LogP contribution in [0, 0.1) is 11.8 Å². The quantitative estimate of drug-likeness (QED) is 0.728. The molecule has 0 unspecified atom stereocenters. The SMILES string of the molecule is CC(=O)[O][SnH]([CH2]C(C)C)[CH2]C(C)C. The summed E-state index contributed by atoms with van der Waals surface area (Å²) >= 11 is -1.96. The van der Waals surface area contributed by atoms with E-state index < -0.39 is 20.2 Å². The number of hydrogen-bond acceptors (Lipinski definition) is 2. The fourth-order valence-corrected chi connectivity index (χ4v) is 9.92. The van der Waals surface area contributed by atoms with E-state index in [-0.39, 0.29) is 5.97 Å². The molecule has 0 radical (unpaired) electrons. The van der Waals surface area contributed by atoms with Gasteiger partial charge in [0.2, 0.25) is 0 Å². The Kier molecular flexibility index (Phi) is 6.82. The van der Waals surface area contributed by atoms with Crippen molar-refractivity contribution in [3.05, 3.63) is 0 Å². The van der Waals surface area contributed by atoms with Crippen LogP contribution in [-0.2, 0) is 7.87 Å². The fraction of sp³-hybridized carbons (Fsp3) is 0.900. The molecule has 0 fully saturated rings. The first-order chi connectivity index (χ1) is 5.91. The van der Waals surface area contributed by atoms with Gasteiger partial charge in [0.15, 0.2) is 0 Å². The van der Waals surface area contributed by atoms with Gasteiger partial charge in [-0.3, -0.25) is 0 Å². The Morgan fingerprint density at radius 1 is 1.15 bits per heavy atom.